The normalized spacial score (nSPS) is 12.6. The van der Waals surface area contributed by atoms with Crippen molar-refractivity contribution < 1.29 is 4.52 Å². The van der Waals surface area contributed by atoms with Gasteiger partial charge < -0.3 is 9.84 Å². The average molecular weight is 232 g/mol. The molecule has 0 bridgehead atoms. The summed E-state index contributed by atoms with van der Waals surface area (Å²) in [5.41, 5.74) is 1.97. The van der Waals surface area contributed by atoms with Gasteiger partial charge in [-0.25, -0.2) is 0 Å². The Kier molecular flexibility index (Phi) is 3.49. The lowest BCUT2D eigenvalue weighted by Crippen LogP contribution is -2.24. The number of nitrogens with zero attached hydrogens (tertiary/aromatic N) is 3. The summed E-state index contributed by atoms with van der Waals surface area (Å²) < 4.78 is 5.25. The third kappa shape index (κ3) is 2.68. The smallest absolute Gasteiger partial charge is 0.259 e. The van der Waals surface area contributed by atoms with Crippen LogP contribution in [0.3, 0.4) is 0 Å². The molecule has 2 rings (SSSR count). The second kappa shape index (κ2) is 5.05. The van der Waals surface area contributed by atoms with Crippen LogP contribution in [0, 0.1) is 6.92 Å². The molecule has 2 aromatic heterocycles. The first kappa shape index (κ1) is 11.7. The molecule has 0 saturated carbocycles. The number of likely N-dealkylation sites (N-methyl/N-ethyl adjacent to an activating group) is 1. The van der Waals surface area contributed by atoms with Crippen LogP contribution in [-0.4, -0.2) is 28.2 Å². The summed E-state index contributed by atoms with van der Waals surface area (Å²) in [5.74, 6) is 1.25. The lowest BCUT2D eigenvalue weighted by molar-refractivity contribution is 0.418. The van der Waals surface area contributed by atoms with E-state index in [1.807, 2.05) is 20.0 Å². The van der Waals surface area contributed by atoms with E-state index in [0.717, 1.165) is 17.5 Å². The zero-order valence-corrected chi connectivity index (χ0v) is 10.3. The third-order valence-corrected chi connectivity index (χ3v) is 2.72. The summed E-state index contributed by atoms with van der Waals surface area (Å²) in [5, 5.41) is 7.11. The van der Waals surface area contributed by atoms with Crippen LogP contribution in [0.5, 0.6) is 0 Å². The molecule has 0 saturated heterocycles. The van der Waals surface area contributed by atoms with Crippen molar-refractivity contribution >= 4 is 0 Å². The molecular weight excluding hydrogens is 216 g/mol. The molecule has 0 radical (unpaired) electrons. The van der Waals surface area contributed by atoms with Crippen molar-refractivity contribution in [2.75, 3.05) is 7.05 Å². The van der Waals surface area contributed by atoms with Gasteiger partial charge in [-0.3, -0.25) is 4.98 Å². The Hall–Kier alpha value is -1.75. The molecule has 1 atom stereocenters. The van der Waals surface area contributed by atoms with E-state index in [-0.39, 0.29) is 0 Å². The maximum absolute atomic E-state index is 5.25. The highest BCUT2D eigenvalue weighted by Gasteiger charge is 2.12. The average Bonchev–Trinajstić information content (AvgIpc) is 2.78. The fourth-order valence-corrected chi connectivity index (χ4v) is 1.51. The zero-order chi connectivity index (χ0) is 12.3. The Morgan fingerprint density at radius 2 is 2.29 bits per heavy atom. The molecule has 90 valence electrons. The summed E-state index contributed by atoms with van der Waals surface area (Å²) in [6, 6.07) is 2.26. The number of hydrogen-bond donors (Lipinski definition) is 1. The molecule has 0 spiro atoms. The van der Waals surface area contributed by atoms with Gasteiger partial charge in [0.1, 0.15) is 0 Å². The molecule has 1 N–H and O–H groups in total. The molecule has 0 aliphatic carbocycles. The third-order valence-electron chi connectivity index (χ3n) is 2.72. The SMILES string of the molecule is CNC(C)Cc1noc(-c2cnccc2C)n1. The Morgan fingerprint density at radius 1 is 1.47 bits per heavy atom. The van der Waals surface area contributed by atoms with Gasteiger partial charge >= 0.3 is 0 Å². The number of pyridine rings is 1. The predicted molar refractivity (Wildman–Crippen MR) is 64.5 cm³/mol. The Morgan fingerprint density at radius 3 is 3.00 bits per heavy atom. The van der Waals surface area contributed by atoms with Crippen molar-refractivity contribution in [3.05, 3.63) is 29.8 Å². The molecule has 2 aromatic rings. The maximum atomic E-state index is 5.25. The van der Waals surface area contributed by atoms with Gasteiger partial charge in [-0.2, -0.15) is 4.98 Å². The van der Waals surface area contributed by atoms with Gasteiger partial charge in [0.25, 0.3) is 5.89 Å². The predicted octanol–water partition coefficient (Wildman–Crippen LogP) is 1.59. The van der Waals surface area contributed by atoms with Crippen molar-refractivity contribution in [3.63, 3.8) is 0 Å². The zero-order valence-electron chi connectivity index (χ0n) is 10.3. The molecule has 1 unspecified atom stereocenters. The van der Waals surface area contributed by atoms with E-state index in [1.165, 1.54) is 0 Å². The second-order valence-electron chi connectivity index (χ2n) is 4.10. The van der Waals surface area contributed by atoms with Gasteiger partial charge in [0.2, 0.25) is 0 Å². The summed E-state index contributed by atoms with van der Waals surface area (Å²) in [4.78, 5) is 8.44. The van der Waals surface area contributed by atoms with Gasteiger partial charge in [0.15, 0.2) is 5.82 Å². The van der Waals surface area contributed by atoms with Crippen molar-refractivity contribution in [2.24, 2.45) is 0 Å². The van der Waals surface area contributed by atoms with E-state index in [9.17, 15) is 0 Å². The molecule has 0 fully saturated rings. The lowest BCUT2D eigenvalue weighted by Gasteiger charge is -2.04. The summed E-state index contributed by atoms with van der Waals surface area (Å²) in [6.45, 7) is 4.07. The minimum Gasteiger partial charge on any atom is -0.334 e. The van der Waals surface area contributed by atoms with E-state index in [4.69, 9.17) is 4.52 Å². The molecule has 5 nitrogen and oxygen atoms in total. The molecule has 0 amide bonds. The number of nitrogens with one attached hydrogen (secondary N) is 1. The highest BCUT2D eigenvalue weighted by Crippen LogP contribution is 2.19. The highest BCUT2D eigenvalue weighted by atomic mass is 16.5. The van der Waals surface area contributed by atoms with Crippen LogP contribution in [0.2, 0.25) is 0 Å². The number of hydrogen-bond acceptors (Lipinski definition) is 5. The van der Waals surface area contributed by atoms with Gasteiger partial charge in [0.05, 0.1) is 5.56 Å². The Labute approximate surface area is 100 Å². The largest absolute Gasteiger partial charge is 0.334 e. The number of aryl methyl sites for hydroxylation is 1. The minimum atomic E-state index is 0.329. The first-order chi connectivity index (χ1) is 8.20. The Balaban J connectivity index is 2.21. The van der Waals surface area contributed by atoms with E-state index < -0.39 is 0 Å². The summed E-state index contributed by atoms with van der Waals surface area (Å²) >= 11 is 0. The van der Waals surface area contributed by atoms with Crippen LogP contribution in [-0.2, 0) is 6.42 Å². The lowest BCUT2D eigenvalue weighted by atomic mass is 10.1. The van der Waals surface area contributed by atoms with Gasteiger partial charge in [-0.15, -0.1) is 0 Å². The molecule has 0 aliphatic heterocycles. The van der Waals surface area contributed by atoms with Gasteiger partial charge in [-0.1, -0.05) is 5.16 Å². The minimum absolute atomic E-state index is 0.329. The monoisotopic (exact) mass is 232 g/mol. The summed E-state index contributed by atoms with van der Waals surface area (Å²) in [6.07, 6.45) is 4.24. The highest BCUT2D eigenvalue weighted by molar-refractivity contribution is 5.56. The molecule has 5 heteroatoms. The molecule has 0 aromatic carbocycles. The van der Waals surface area contributed by atoms with Crippen molar-refractivity contribution in [1.82, 2.24) is 20.4 Å². The van der Waals surface area contributed by atoms with Crippen LogP contribution in [0.25, 0.3) is 11.5 Å². The quantitative estimate of drug-likeness (QED) is 0.867. The van der Waals surface area contributed by atoms with E-state index in [2.05, 4.69) is 27.4 Å². The molecular formula is C12H16N4O. The topological polar surface area (TPSA) is 63.8 Å². The summed E-state index contributed by atoms with van der Waals surface area (Å²) in [7, 11) is 1.91. The maximum Gasteiger partial charge on any atom is 0.259 e. The van der Waals surface area contributed by atoms with Crippen molar-refractivity contribution in [1.29, 1.82) is 0 Å². The second-order valence-corrected chi connectivity index (χ2v) is 4.10. The number of aromatic nitrogens is 3. The van der Waals surface area contributed by atoms with Crippen LogP contribution in [0.15, 0.2) is 23.0 Å². The Bertz CT molecular complexity index is 495. The van der Waals surface area contributed by atoms with Crippen LogP contribution >= 0.6 is 0 Å². The van der Waals surface area contributed by atoms with Crippen molar-refractivity contribution in [3.8, 4) is 11.5 Å². The number of rotatable bonds is 4. The van der Waals surface area contributed by atoms with E-state index in [1.54, 1.807) is 12.4 Å². The van der Waals surface area contributed by atoms with Crippen LogP contribution < -0.4 is 5.32 Å². The van der Waals surface area contributed by atoms with Gasteiger partial charge in [0, 0.05) is 24.9 Å². The van der Waals surface area contributed by atoms with E-state index in [0.29, 0.717) is 17.8 Å². The van der Waals surface area contributed by atoms with Crippen molar-refractivity contribution in [2.45, 2.75) is 26.3 Å². The molecule has 2 heterocycles. The first-order valence-corrected chi connectivity index (χ1v) is 5.61. The first-order valence-electron chi connectivity index (χ1n) is 5.61. The van der Waals surface area contributed by atoms with Crippen LogP contribution in [0.4, 0.5) is 0 Å². The van der Waals surface area contributed by atoms with Crippen LogP contribution in [0.1, 0.15) is 18.3 Å². The molecule has 0 aliphatic rings. The standard InChI is InChI=1S/C12H16N4O/c1-8-4-5-14-7-10(8)12-15-11(16-17-12)6-9(2)13-3/h4-5,7,9,13H,6H2,1-3H3. The molecule has 17 heavy (non-hydrogen) atoms. The fourth-order valence-electron chi connectivity index (χ4n) is 1.51. The fraction of sp³-hybridized carbons (Fsp3) is 0.417. The van der Waals surface area contributed by atoms with E-state index >= 15 is 0 Å². The van der Waals surface area contributed by atoms with Gasteiger partial charge in [-0.05, 0) is 32.5 Å².